The van der Waals surface area contributed by atoms with Crippen LogP contribution in [0.1, 0.15) is 22.3 Å². The lowest BCUT2D eigenvalue weighted by Crippen LogP contribution is -2.31. The van der Waals surface area contributed by atoms with Gasteiger partial charge in [0.25, 0.3) is 0 Å². The highest BCUT2D eigenvalue weighted by atomic mass is 15.1. The van der Waals surface area contributed by atoms with Crippen LogP contribution in [-0.2, 0) is 5.41 Å². The predicted octanol–water partition coefficient (Wildman–Crippen LogP) is 14.9. The molecule has 0 N–H and O–H groups in total. The summed E-state index contributed by atoms with van der Waals surface area (Å²) in [7, 11) is 0. The van der Waals surface area contributed by atoms with Gasteiger partial charge in [-0.25, -0.2) is 0 Å². The van der Waals surface area contributed by atoms with Crippen molar-refractivity contribution in [2.75, 3.05) is 4.90 Å². The highest BCUT2D eigenvalue weighted by molar-refractivity contribution is 6.27. The van der Waals surface area contributed by atoms with Gasteiger partial charge in [-0.1, -0.05) is 158 Å². The van der Waals surface area contributed by atoms with E-state index in [1.165, 1.54) is 93.5 Å². The van der Waals surface area contributed by atoms with Crippen molar-refractivity contribution in [3.63, 3.8) is 0 Å². The van der Waals surface area contributed by atoms with E-state index in [0.29, 0.717) is 0 Å². The van der Waals surface area contributed by atoms with Gasteiger partial charge < -0.3 is 9.47 Å². The number of rotatable bonds is 5. The van der Waals surface area contributed by atoms with Crippen molar-refractivity contribution in [3.8, 4) is 27.9 Å². The van der Waals surface area contributed by atoms with Crippen LogP contribution in [0.5, 0.6) is 0 Å². The highest BCUT2D eigenvalue weighted by Crippen LogP contribution is 2.63. The molecule has 0 saturated heterocycles. The Morgan fingerprint density at radius 1 is 0.322 bits per heavy atom. The zero-order valence-electron chi connectivity index (χ0n) is 32.2. The molecular weight excluding hydrogens is 713 g/mol. The monoisotopic (exact) mass is 748 g/mol. The van der Waals surface area contributed by atoms with Crippen molar-refractivity contribution in [2.24, 2.45) is 0 Å². The maximum absolute atomic E-state index is 2.53. The van der Waals surface area contributed by atoms with E-state index in [2.05, 4.69) is 228 Å². The fourth-order valence-electron chi connectivity index (χ4n) is 10.7. The Balaban J connectivity index is 1.16. The third kappa shape index (κ3) is 4.40. The third-order valence-corrected chi connectivity index (χ3v) is 13.1. The van der Waals surface area contributed by atoms with Crippen molar-refractivity contribution in [1.29, 1.82) is 0 Å². The highest BCUT2D eigenvalue weighted by Gasteiger charge is 2.50. The van der Waals surface area contributed by atoms with E-state index in [1.54, 1.807) is 0 Å². The molecule has 11 aromatic rings. The lowest BCUT2D eigenvalue weighted by atomic mass is 9.63. The van der Waals surface area contributed by atoms with Crippen molar-refractivity contribution >= 4 is 60.4 Å². The van der Waals surface area contributed by atoms with Gasteiger partial charge in [-0.15, -0.1) is 0 Å². The first-order chi connectivity index (χ1) is 29.3. The molecule has 0 amide bonds. The molecular formula is C57H36N2. The molecule has 2 nitrogen and oxygen atoms in total. The number of benzene rings is 10. The Morgan fingerprint density at radius 2 is 0.898 bits per heavy atom. The molecule has 13 rings (SSSR count). The van der Waals surface area contributed by atoms with Crippen molar-refractivity contribution in [3.05, 3.63) is 241 Å². The van der Waals surface area contributed by atoms with E-state index in [1.807, 2.05) is 0 Å². The standard InChI is InChI=1S/C57H36N2/c1-3-14-37(15-4-1)39-26-30-43(31-27-39)58(44-32-28-38-16-7-8-17-40(38)34-44)45-35-41-29-33-53-56-54(41)51(36-45)57(48-22-11-9-20-46(48)47-21-10-12-23-49(47)57)50-24-13-25-52(55(50)56)59(53)42-18-5-2-6-19-42/h1-36H. The first kappa shape index (κ1) is 32.4. The normalized spacial score (nSPS) is 13.2. The molecule has 1 heterocycles. The third-order valence-electron chi connectivity index (χ3n) is 13.1. The quantitative estimate of drug-likeness (QED) is 0.170. The molecule has 0 saturated carbocycles. The number of fused-ring (bicyclic) bond motifs is 8. The van der Waals surface area contributed by atoms with E-state index < -0.39 is 5.41 Å². The summed E-state index contributed by atoms with van der Waals surface area (Å²) in [4.78, 5) is 2.47. The Bertz CT molecular complexity index is 3440. The lowest BCUT2D eigenvalue weighted by Gasteiger charge is -2.39. The first-order valence-electron chi connectivity index (χ1n) is 20.5. The number of aromatic nitrogens is 1. The summed E-state index contributed by atoms with van der Waals surface area (Å²) in [6, 6.07) is 81.1. The summed E-state index contributed by atoms with van der Waals surface area (Å²) in [5, 5.41) is 7.68. The van der Waals surface area contributed by atoms with Crippen molar-refractivity contribution < 1.29 is 0 Å². The molecule has 0 radical (unpaired) electrons. The number of hydrogen-bond donors (Lipinski definition) is 0. The van der Waals surface area contributed by atoms with Crippen molar-refractivity contribution in [1.82, 2.24) is 4.57 Å². The number of para-hydroxylation sites is 1. The largest absolute Gasteiger partial charge is 0.310 e. The van der Waals surface area contributed by atoms with Gasteiger partial charge >= 0.3 is 0 Å². The van der Waals surface area contributed by atoms with Gasteiger partial charge in [0.1, 0.15) is 0 Å². The number of nitrogens with zero attached hydrogens (tertiary/aromatic N) is 2. The van der Waals surface area contributed by atoms with Crippen molar-refractivity contribution in [2.45, 2.75) is 5.41 Å². The fraction of sp³-hybridized carbons (Fsp3) is 0.0175. The second kappa shape index (κ2) is 12.2. The summed E-state index contributed by atoms with van der Waals surface area (Å²) in [5.74, 6) is 0. The molecule has 0 fully saturated rings. The molecule has 10 aromatic carbocycles. The van der Waals surface area contributed by atoms with E-state index in [4.69, 9.17) is 0 Å². The van der Waals surface area contributed by atoms with Crippen LogP contribution in [0.25, 0.3) is 71.3 Å². The molecule has 1 aromatic heterocycles. The molecule has 2 aliphatic rings. The Morgan fingerprint density at radius 3 is 1.66 bits per heavy atom. The van der Waals surface area contributed by atoms with E-state index in [9.17, 15) is 0 Å². The minimum Gasteiger partial charge on any atom is -0.310 e. The minimum absolute atomic E-state index is 0.544. The van der Waals surface area contributed by atoms with Crippen LogP contribution in [0.15, 0.2) is 218 Å². The molecule has 2 aliphatic carbocycles. The molecule has 0 unspecified atom stereocenters. The second-order valence-corrected chi connectivity index (χ2v) is 16.0. The second-order valence-electron chi connectivity index (χ2n) is 16.0. The maximum atomic E-state index is 2.53. The predicted molar refractivity (Wildman–Crippen MR) is 247 cm³/mol. The molecule has 2 heteroatoms. The molecule has 0 atom stereocenters. The molecule has 0 bridgehead atoms. The summed E-state index contributed by atoms with van der Waals surface area (Å²) in [6.45, 7) is 0. The van der Waals surface area contributed by atoms with Gasteiger partial charge in [0.2, 0.25) is 0 Å². The Hall–Kier alpha value is -7.68. The van der Waals surface area contributed by atoms with Crippen LogP contribution in [0.2, 0.25) is 0 Å². The van der Waals surface area contributed by atoms with Gasteiger partial charge in [-0.2, -0.15) is 0 Å². The molecule has 1 spiro atoms. The summed E-state index contributed by atoms with van der Waals surface area (Å²) in [5.41, 5.74) is 16.8. The average molecular weight is 749 g/mol. The van der Waals surface area contributed by atoms with Crippen LogP contribution in [-0.4, -0.2) is 4.57 Å². The first-order valence-corrected chi connectivity index (χ1v) is 20.5. The van der Waals surface area contributed by atoms with Gasteiger partial charge in [0, 0.05) is 33.5 Å². The van der Waals surface area contributed by atoms with Crippen LogP contribution >= 0.6 is 0 Å². The van der Waals surface area contributed by atoms with Gasteiger partial charge in [0.05, 0.1) is 16.4 Å². The smallest absolute Gasteiger partial charge is 0.0727 e. The topological polar surface area (TPSA) is 8.17 Å². The summed E-state index contributed by atoms with van der Waals surface area (Å²) >= 11 is 0. The lowest BCUT2D eigenvalue weighted by molar-refractivity contribution is 0.783. The molecule has 0 aliphatic heterocycles. The van der Waals surface area contributed by atoms with Gasteiger partial charge in [-0.05, 0) is 127 Å². The fourth-order valence-corrected chi connectivity index (χ4v) is 10.7. The number of hydrogen-bond acceptors (Lipinski definition) is 1. The van der Waals surface area contributed by atoms with Crippen LogP contribution in [0, 0.1) is 0 Å². The zero-order chi connectivity index (χ0) is 38.7. The number of anilines is 3. The molecule has 274 valence electrons. The van der Waals surface area contributed by atoms with Crippen LogP contribution in [0.4, 0.5) is 17.1 Å². The molecule has 59 heavy (non-hydrogen) atoms. The zero-order valence-corrected chi connectivity index (χ0v) is 32.2. The maximum Gasteiger partial charge on any atom is 0.0727 e. The van der Waals surface area contributed by atoms with E-state index in [-0.39, 0.29) is 0 Å². The minimum atomic E-state index is -0.544. The Kier molecular flexibility index (Phi) is 6.68. The summed E-state index contributed by atoms with van der Waals surface area (Å²) in [6.07, 6.45) is 0. The van der Waals surface area contributed by atoms with Gasteiger partial charge in [-0.3, -0.25) is 0 Å². The SMILES string of the molecule is c1ccc(-c2ccc(N(c3ccc4ccccc4c3)c3cc4c5c(ccc6c5c5c(cccc5n6-c5ccccc5)C45c4ccccc4-c4ccccc45)c3)cc2)cc1. The van der Waals surface area contributed by atoms with E-state index >= 15 is 0 Å². The van der Waals surface area contributed by atoms with Crippen LogP contribution < -0.4 is 4.90 Å². The van der Waals surface area contributed by atoms with Crippen LogP contribution in [0.3, 0.4) is 0 Å². The van der Waals surface area contributed by atoms with Gasteiger partial charge in [0.15, 0.2) is 0 Å². The summed E-state index contributed by atoms with van der Waals surface area (Å²) < 4.78 is 2.48. The van der Waals surface area contributed by atoms with E-state index in [0.717, 1.165) is 17.1 Å². The average Bonchev–Trinajstić information content (AvgIpc) is 3.80. The Labute approximate surface area is 342 Å².